The van der Waals surface area contributed by atoms with Crippen molar-refractivity contribution < 1.29 is 89.9 Å². The number of aromatic carboxylic acids is 1. The van der Waals surface area contributed by atoms with Gasteiger partial charge in [-0.1, -0.05) is 0 Å². The summed E-state index contributed by atoms with van der Waals surface area (Å²) in [6, 6.07) is 0. The van der Waals surface area contributed by atoms with Crippen LogP contribution in [0.5, 0.6) is 0 Å². The molecule has 4 N–H and O–H groups in total. The number of anilines is 2. The fourth-order valence-corrected chi connectivity index (χ4v) is 3.30. The molecule has 42 heavy (non-hydrogen) atoms. The van der Waals surface area contributed by atoms with Crippen molar-refractivity contribution in [1.82, 2.24) is 29.9 Å². The van der Waals surface area contributed by atoms with Crippen LogP contribution < -0.4 is 67.1 Å². The van der Waals surface area contributed by atoms with Gasteiger partial charge in [0.1, 0.15) is 46.1 Å². The third kappa shape index (κ3) is 9.18. The van der Waals surface area contributed by atoms with Gasteiger partial charge < -0.3 is 34.1 Å². The number of fused-ring (bicyclic) bond motifs is 2. The molecule has 0 saturated heterocycles. The fraction of sp³-hybridized carbons (Fsp3) is 0.360. The number of ether oxygens (including phenoxy) is 3. The minimum absolute atomic E-state index is 0. The van der Waals surface area contributed by atoms with Gasteiger partial charge in [-0.25, -0.2) is 34.3 Å². The summed E-state index contributed by atoms with van der Waals surface area (Å²) >= 11 is 0. The molecule has 0 aliphatic rings. The van der Waals surface area contributed by atoms with Crippen LogP contribution in [0.2, 0.25) is 0 Å². The average molecular weight is 609 g/mol. The van der Waals surface area contributed by atoms with Crippen molar-refractivity contribution in [2.75, 3.05) is 17.7 Å². The summed E-state index contributed by atoms with van der Waals surface area (Å²) in [5.41, 5.74) is 0.511. The maximum absolute atomic E-state index is 11.8. The number of hydrogen-bond donors (Lipinski definition) is 4. The van der Waals surface area contributed by atoms with Crippen molar-refractivity contribution in [2.45, 2.75) is 52.7 Å². The zero-order valence-corrected chi connectivity index (χ0v) is 27.5. The van der Waals surface area contributed by atoms with E-state index < -0.39 is 35.3 Å². The summed E-state index contributed by atoms with van der Waals surface area (Å²) in [6.45, 7) is 10.5. The van der Waals surface area contributed by atoms with Gasteiger partial charge in [0.05, 0.1) is 30.0 Å². The number of amides is 2. The quantitative estimate of drug-likeness (QED) is 0.134. The summed E-state index contributed by atoms with van der Waals surface area (Å²) in [4.78, 5) is 66.9. The number of carbonyl (C=O) groups excluding carboxylic acids is 4. The third-order valence-electron chi connectivity index (χ3n) is 4.77. The van der Waals surface area contributed by atoms with E-state index in [1.807, 2.05) is 0 Å². The Labute approximate surface area is 282 Å². The predicted molar refractivity (Wildman–Crippen MR) is 143 cm³/mol. The second-order valence-corrected chi connectivity index (χ2v) is 10.3. The first-order valence-electron chi connectivity index (χ1n) is 12.0. The molecule has 2 amide bonds. The Morgan fingerprint density at radius 1 is 0.738 bits per heavy atom. The summed E-state index contributed by atoms with van der Waals surface area (Å²) in [5.74, 6) is -2.02. The van der Waals surface area contributed by atoms with Gasteiger partial charge in [-0.3, -0.25) is 10.6 Å². The molecule has 16 nitrogen and oxygen atoms in total. The molecular formula is C25H29KN8O8. The first-order chi connectivity index (χ1) is 19.1. The number of aromatic amines is 2. The Bertz CT molecular complexity index is 1600. The van der Waals surface area contributed by atoms with E-state index in [1.54, 1.807) is 41.5 Å². The SMILES string of the molecule is CC(C)(C)OC(=O)Nc1c[nH]c2c(C(=O)[O-])ncnc12.COC(=O)c1ncnc2c(NC(=O)OC(C)(C)C)c[nH]c12.[K+]. The van der Waals surface area contributed by atoms with Crippen LogP contribution in [0.4, 0.5) is 21.0 Å². The Kier molecular flexibility index (Phi) is 11.5. The molecule has 0 fully saturated rings. The van der Waals surface area contributed by atoms with E-state index in [-0.39, 0.29) is 73.8 Å². The maximum atomic E-state index is 11.8. The number of esters is 1. The van der Waals surface area contributed by atoms with Crippen LogP contribution in [-0.2, 0) is 14.2 Å². The number of carbonyl (C=O) groups is 4. The zero-order chi connectivity index (χ0) is 30.5. The van der Waals surface area contributed by atoms with Crippen molar-refractivity contribution in [2.24, 2.45) is 0 Å². The van der Waals surface area contributed by atoms with Crippen molar-refractivity contribution in [3.8, 4) is 0 Å². The monoisotopic (exact) mass is 608 g/mol. The van der Waals surface area contributed by atoms with Gasteiger partial charge in [-0.15, -0.1) is 0 Å². The molecule has 0 aliphatic carbocycles. The summed E-state index contributed by atoms with van der Waals surface area (Å²) in [6.07, 6.45) is 3.96. The molecular weight excluding hydrogens is 579 g/mol. The number of H-pyrrole nitrogens is 2. The normalized spacial score (nSPS) is 11.0. The van der Waals surface area contributed by atoms with Crippen LogP contribution in [0.15, 0.2) is 25.0 Å². The molecule has 4 aromatic rings. The number of carboxylic acid groups (broad SMARTS) is 1. The molecule has 0 aromatic carbocycles. The van der Waals surface area contributed by atoms with Gasteiger partial charge in [-0.05, 0) is 41.5 Å². The maximum Gasteiger partial charge on any atom is 1.00 e. The standard InChI is InChI=1S/C13H16N4O4.C12H14N4O4.K/c1-13(2,3)21-12(19)17-7-5-14-9-8(7)15-6-16-10(9)11(18)20-4;1-12(2,3)20-11(19)16-6-4-13-8-7(6)14-5-15-9(8)10(17)18;/h5-6,14H,1-4H3,(H,17,19);4-5,13H,1-3H3,(H,16,19)(H,17,18);/q;;+1/p-1. The summed E-state index contributed by atoms with van der Waals surface area (Å²) < 4.78 is 14.9. The Morgan fingerprint density at radius 3 is 1.52 bits per heavy atom. The molecule has 0 aliphatic heterocycles. The minimum Gasteiger partial charge on any atom is -0.543 e. The van der Waals surface area contributed by atoms with Crippen molar-refractivity contribution >= 4 is 57.6 Å². The largest absolute Gasteiger partial charge is 1.00 e. The molecule has 4 rings (SSSR count). The molecule has 0 unspecified atom stereocenters. The molecule has 0 bridgehead atoms. The van der Waals surface area contributed by atoms with E-state index in [2.05, 4.69) is 45.3 Å². The topological polar surface area (TPSA) is 226 Å². The van der Waals surface area contributed by atoms with Gasteiger partial charge in [0.15, 0.2) is 5.69 Å². The van der Waals surface area contributed by atoms with Crippen molar-refractivity contribution in [3.05, 3.63) is 36.4 Å². The second-order valence-electron chi connectivity index (χ2n) is 10.3. The van der Waals surface area contributed by atoms with Crippen LogP contribution >= 0.6 is 0 Å². The van der Waals surface area contributed by atoms with Crippen molar-refractivity contribution in [1.29, 1.82) is 0 Å². The van der Waals surface area contributed by atoms with E-state index in [1.165, 1.54) is 25.8 Å². The van der Waals surface area contributed by atoms with Crippen LogP contribution in [0, 0.1) is 0 Å². The van der Waals surface area contributed by atoms with Crippen LogP contribution in [-0.4, -0.2) is 72.3 Å². The molecule has 218 valence electrons. The fourth-order valence-electron chi connectivity index (χ4n) is 3.30. The predicted octanol–water partition coefficient (Wildman–Crippen LogP) is -0.236. The van der Waals surface area contributed by atoms with Gasteiger partial charge in [0.2, 0.25) is 0 Å². The molecule has 0 radical (unpaired) electrons. The van der Waals surface area contributed by atoms with E-state index in [0.717, 1.165) is 6.33 Å². The van der Waals surface area contributed by atoms with Gasteiger partial charge in [-0.2, -0.15) is 0 Å². The number of hydrogen-bond acceptors (Lipinski definition) is 12. The Morgan fingerprint density at radius 2 is 1.14 bits per heavy atom. The van der Waals surface area contributed by atoms with Crippen LogP contribution in [0.3, 0.4) is 0 Å². The van der Waals surface area contributed by atoms with Gasteiger partial charge in [0, 0.05) is 12.4 Å². The Balaban J connectivity index is 0.000000287. The van der Waals surface area contributed by atoms with E-state index in [0.29, 0.717) is 22.4 Å². The number of nitrogens with zero attached hydrogens (tertiary/aromatic N) is 4. The first-order valence-corrected chi connectivity index (χ1v) is 12.0. The number of nitrogens with one attached hydrogen (secondary N) is 4. The van der Waals surface area contributed by atoms with Crippen LogP contribution in [0.25, 0.3) is 22.1 Å². The van der Waals surface area contributed by atoms with Gasteiger partial charge in [0.25, 0.3) is 0 Å². The third-order valence-corrected chi connectivity index (χ3v) is 4.77. The van der Waals surface area contributed by atoms with E-state index in [4.69, 9.17) is 9.47 Å². The number of carboxylic acids is 1. The first kappa shape index (κ1) is 34.6. The van der Waals surface area contributed by atoms with E-state index >= 15 is 0 Å². The second kappa shape index (κ2) is 14.0. The minimum atomic E-state index is -1.43. The van der Waals surface area contributed by atoms with Gasteiger partial charge >= 0.3 is 69.5 Å². The molecule has 0 spiro atoms. The Hall–Kier alpha value is -3.64. The summed E-state index contributed by atoms with van der Waals surface area (Å²) in [5, 5.41) is 16.0. The number of rotatable bonds is 4. The van der Waals surface area contributed by atoms with Crippen molar-refractivity contribution in [3.63, 3.8) is 0 Å². The molecule has 17 heteroatoms. The molecule has 4 heterocycles. The number of methoxy groups -OCH3 is 1. The smallest absolute Gasteiger partial charge is 0.543 e. The average Bonchev–Trinajstić information content (AvgIpc) is 3.45. The van der Waals surface area contributed by atoms with E-state index in [9.17, 15) is 24.3 Å². The summed E-state index contributed by atoms with van der Waals surface area (Å²) in [7, 11) is 1.26. The number of aromatic nitrogens is 6. The molecule has 4 aromatic heterocycles. The van der Waals surface area contributed by atoms with Crippen LogP contribution in [0.1, 0.15) is 62.5 Å². The zero-order valence-electron chi connectivity index (χ0n) is 24.4. The molecule has 0 saturated carbocycles. The molecule has 0 atom stereocenters.